The van der Waals surface area contributed by atoms with E-state index >= 15 is 0 Å². The molecule has 0 aliphatic carbocycles. The molecule has 0 unspecified atom stereocenters. The summed E-state index contributed by atoms with van der Waals surface area (Å²) in [5.41, 5.74) is -0.122. The number of carboxylic acids is 1. The fourth-order valence-electron chi connectivity index (χ4n) is 1.44. The molecule has 6 heteroatoms. The Morgan fingerprint density at radius 2 is 2.11 bits per heavy atom. The predicted octanol–water partition coefficient (Wildman–Crippen LogP) is 2.43. The Balaban J connectivity index is 2.96. The first-order chi connectivity index (χ1) is 8.25. The van der Waals surface area contributed by atoms with Crippen LogP contribution < -0.4 is 5.32 Å². The summed E-state index contributed by atoms with van der Waals surface area (Å²) in [5, 5.41) is 22.8. The molecule has 18 heavy (non-hydrogen) atoms. The highest BCUT2D eigenvalue weighted by Crippen LogP contribution is 2.29. The lowest BCUT2D eigenvalue weighted by Crippen LogP contribution is -2.31. The highest BCUT2D eigenvalue weighted by molar-refractivity contribution is 5.75. The molecule has 0 fully saturated rings. The number of hydrogen-bond donors (Lipinski definition) is 2. The van der Waals surface area contributed by atoms with E-state index in [9.17, 15) is 14.9 Å². The first-order valence-electron chi connectivity index (χ1n) is 5.47. The monoisotopic (exact) mass is 252 g/mol. The molecule has 0 bridgehead atoms. The van der Waals surface area contributed by atoms with Gasteiger partial charge in [-0.3, -0.25) is 14.9 Å². The normalized spacial score (nSPS) is 11.1. The first kappa shape index (κ1) is 14.0. The minimum atomic E-state index is -0.988. The lowest BCUT2D eigenvalue weighted by atomic mass is 9.94. The van der Waals surface area contributed by atoms with Crippen LogP contribution >= 0.6 is 0 Å². The van der Waals surface area contributed by atoms with Crippen molar-refractivity contribution in [3.63, 3.8) is 0 Å². The summed E-state index contributed by atoms with van der Waals surface area (Å²) >= 11 is 0. The second-order valence-corrected chi connectivity index (χ2v) is 4.77. The molecule has 98 valence electrons. The fraction of sp³-hybridized carbons (Fsp3) is 0.417. The van der Waals surface area contributed by atoms with Crippen molar-refractivity contribution in [2.24, 2.45) is 5.41 Å². The standard InChI is InChI=1S/C12H16N2O4/c1-8-5-4-6-9(10(8)14(17)18)13-7-12(2,3)11(15)16/h4-6,13H,7H2,1-3H3,(H,15,16). The van der Waals surface area contributed by atoms with Gasteiger partial charge in [0.25, 0.3) is 5.69 Å². The highest BCUT2D eigenvalue weighted by atomic mass is 16.6. The van der Waals surface area contributed by atoms with Gasteiger partial charge in [0.1, 0.15) is 5.69 Å². The predicted molar refractivity (Wildman–Crippen MR) is 67.7 cm³/mol. The summed E-state index contributed by atoms with van der Waals surface area (Å²) in [6, 6.07) is 4.91. The summed E-state index contributed by atoms with van der Waals surface area (Å²) in [6.07, 6.45) is 0. The number of nitro groups is 1. The molecule has 0 aromatic heterocycles. The van der Waals surface area contributed by atoms with Gasteiger partial charge in [-0.2, -0.15) is 0 Å². The van der Waals surface area contributed by atoms with E-state index in [2.05, 4.69) is 5.32 Å². The van der Waals surface area contributed by atoms with Crippen LogP contribution in [-0.2, 0) is 4.79 Å². The third-order valence-corrected chi connectivity index (χ3v) is 2.72. The number of nitrogens with one attached hydrogen (secondary N) is 1. The molecule has 1 rings (SSSR count). The molecule has 0 aliphatic rings. The van der Waals surface area contributed by atoms with Gasteiger partial charge in [0.05, 0.1) is 10.3 Å². The van der Waals surface area contributed by atoms with Gasteiger partial charge >= 0.3 is 5.97 Å². The molecule has 0 saturated heterocycles. The van der Waals surface area contributed by atoms with Gasteiger partial charge in [-0.15, -0.1) is 0 Å². The van der Waals surface area contributed by atoms with Crippen molar-refractivity contribution in [2.75, 3.05) is 11.9 Å². The van der Waals surface area contributed by atoms with Crippen LogP contribution in [0.25, 0.3) is 0 Å². The average Bonchev–Trinajstić information content (AvgIpc) is 2.25. The molecule has 1 aromatic rings. The van der Waals surface area contributed by atoms with Gasteiger partial charge in [0, 0.05) is 12.1 Å². The van der Waals surface area contributed by atoms with Crippen LogP contribution in [0.2, 0.25) is 0 Å². The third kappa shape index (κ3) is 2.97. The average molecular weight is 252 g/mol. The quantitative estimate of drug-likeness (QED) is 0.620. The Morgan fingerprint density at radius 3 is 2.61 bits per heavy atom. The number of aliphatic carboxylic acids is 1. The summed E-state index contributed by atoms with van der Waals surface area (Å²) in [7, 11) is 0. The SMILES string of the molecule is Cc1cccc(NCC(C)(C)C(=O)O)c1[N+](=O)[O-]. The second kappa shape index (κ2) is 5.03. The van der Waals surface area contributed by atoms with E-state index in [-0.39, 0.29) is 12.2 Å². The van der Waals surface area contributed by atoms with Crippen LogP contribution in [0.3, 0.4) is 0 Å². The zero-order valence-corrected chi connectivity index (χ0v) is 10.6. The van der Waals surface area contributed by atoms with Crippen molar-refractivity contribution >= 4 is 17.3 Å². The molecule has 0 amide bonds. The molecule has 2 N–H and O–H groups in total. The number of aryl methyl sites for hydroxylation is 1. The zero-order valence-electron chi connectivity index (χ0n) is 10.6. The van der Waals surface area contributed by atoms with Crippen LogP contribution in [0.1, 0.15) is 19.4 Å². The van der Waals surface area contributed by atoms with E-state index in [0.717, 1.165) is 0 Å². The molecule has 0 heterocycles. The highest BCUT2D eigenvalue weighted by Gasteiger charge is 2.28. The van der Waals surface area contributed by atoms with Crippen LogP contribution in [0, 0.1) is 22.5 Å². The number of para-hydroxylation sites is 1. The molecule has 0 atom stereocenters. The molecule has 6 nitrogen and oxygen atoms in total. The summed E-state index contributed by atoms with van der Waals surface area (Å²) in [4.78, 5) is 21.4. The Hall–Kier alpha value is -2.11. The van der Waals surface area contributed by atoms with E-state index < -0.39 is 16.3 Å². The summed E-state index contributed by atoms with van der Waals surface area (Å²) < 4.78 is 0. The van der Waals surface area contributed by atoms with Gasteiger partial charge < -0.3 is 10.4 Å². The van der Waals surface area contributed by atoms with Crippen LogP contribution in [0.15, 0.2) is 18.2 Å². The number of anilines is 1. The van der Waals surface area contributed by atoms with E-state index in [1.807, 2.05) is 0 Å². The third-order valence-electron chi connectivity index (χ3n) is 2.72. The van der Waals surface area contributed by atoms with Crippen LogP contribution in [0.5, 0.6) is 0 Å². The number of benzene rings is 1. The van der Waals surface area contributed by atoms with Crippen molar-refractivity contribution in [2.45, 2.75) is 20.8 Å². The van der Waals surface area contributed by atoms with Crippen molar-refractivity contribution in [3.05, 3.63) is 33.9 Å². The van der Waals surface area contributed by atoms with Crippen molar-refractivity contribution in [3.8, 4) is 0 Å². The Morgan fingerprint density at radius 1 is 1.50 bits per heavy atom. The smallest absolute Gasteiger partial charge is 0.310 e. The number of nitrogens with zero attached hydrogens (tertiary/aromatic N) is 1. The lowest BCUT2D eigenvalue weighted by Gasteiger charge is -2.20. The van der Waals surface area contributed by atoms with Gasteiger partial charge in [0.15, 0.2) is 0 Å². The molecular formula is C12H16N2O4. The molecule has 0 saturated carbocycles. The van der Waals surface area contributed by atoms with E-state index in [0.29, 0.717) is 11.3 Å². The van der Waals surface area contributed by atoms with E-state index in [1.165, 1.54) is 0 Å². The Kier molecular flexibility index (Phi) is 3.90. The molecule has 1 aromatic carbocycles. The second-order valence-electron chi connectivity index (χ2n) is 4.77. The van der Waals surface area contributed by atoms with Crippen molar-refractivity contribution in [1.29, 1.82) is 0 Å². The largest absolute Gasteiger partial charge is 0.481 e. The number of carbonyl (C=O) groups is 1. The lowest BCUT2D eigenvalue weighted by molar-refractivity contribution is -0.384. The number of carboxylic acid groups (broad SMARTS) is 1. The van der Waals surface area contributed by atoms with Crippen LogP contribution in [-0.4, -0.2) is 22.5 Å². The van der Waals surface area contributed by atoms with Gasteiger partial charge in [-0.1, -0.05) is 12.1 Å². The first-order valence-corrected chi connectivity index (χ1v) is 5.47. The topological polar surface area (TPSA) is 92.5 Å². The maximum absolute atomic E-state index is 11.0. The minimum Gasteiger partial charge on any atom is -0.481 e. The molecule has 0 spiro atoms. The van der Waals surface area contributed by atoms with Crippen molar-refractivity contribution in [1.82, 2.24) is 0 Å². The number of rotatable bonds is 5. The number of nitro benzene ring substituents is 1. The molecular weight excluding hydrogens is 236 g/mol. The van der Waals surface area contributed by atoms with Gasteiger partial charge in [-0.05, 0) is 26.8 Å². The van der Waals surface area contributed by atoms with Gasteiger partial charge in [0.2, 0.25) is 0 Å². The summed E-state index contributed by atoms with van der Waals surface area (Å²) in [5.74, 6) is -0.953. The summed E-state index contributed by atoms with van der Waals surface area (Å²) in [6.45, 7) is 4.88. The molecule has 0 radical (unpaired) electrons. The maximum Gasteiger partial charge on any atom is 0.310 e. The number of hydrogen-bond acceptors (Lipinski definition) is 4. The van der Waals surface area contributed by atoms with Gasteiger partial charge in [-0.25, -0.2) is 0 Å². The molecule has 0 aliphatic heterocycles. The minimum absolute atomic E-state index is 0.0151. The van der Waals surface area contributed by atoms with E-state index in [1.54, 1.807) is 39.0 Å². The van der Waals surface area contributed by atoms with E-state index in [4.69, 9.17) is 5.11 Å². The fourth-order valence-corrected chi connectivity index (χ4v) is 1.44. The maximum atomic E-state index is 11.0. The van der Waals surface area contributed by atoms with Crippen molar-refractivity contribution < 1.29 is 14.8 Å². The Labute approximate surface area is 105 Å². The zero-order chi connectivity index (χ0) is 13.9. The van der Waals surface area contributed by atoms with Crippen LogP contribution in [0.4, 0.5) is 11.4 Å². The Bertz CT molecular complexity index is 483.